The summed E-state index contributed by atoms with van der Waals surface area (Å²) in [5, 5.41) is 3.12. The summed E-state index contributed by atoms with van der Waals surface area (Å²) in [7, 11) is 0. The molecule has 0 radical (unpaired) electrons. The minimum atomic E-state index is -0.223. The lowest BCUT2D eigenvalue weighted by molar-refractivity contribution is 0.0951. The molecule has 4 nitrogen and oxygen atoms in total. The zero-order valence-electron chi connectivity index (χ0n) is 9.56. The quantitative estimate of drug-likeness (QED) is 0.833. The Hall–Kier alpha value is -2.07. The molecule has 0 unspecified atom stereocenters. The number of hydrogen-bond donors (Lipinski definition) is 2. The number of pyridine rings is 1. The molecule has 0 atom stereocenters. The standard InChI is InChI=1S/C13H12ClN3O/c14-12-8-16-6-5-11(12)13(18)17-7-9-1-3-10(15)4-2-9/h1-6,8H,7,15H2,(H,17,18). The number of rotatable bonds is 3. The molecule has 1 aromatic carbocycles. The molecule has 0 spiro atoms. The fourth-order valence-electron chi connectivity index (χ4n) is 1.47. The molecule has 3 N–H and O–H groups in total. The first-order valence-corrected chi connectivity index (χ1v) is 5.77. The molecule has 18 heavy (non-hydrogen) atoms. The number of nitrogens with one attached hydrogen (secondary N) is 1. The SMILES string of the molecule is Nc1ccc(CNC(=O)c2ccncc2Cl)cc1. The summed E-state index contributed by atoms with van der Waals surface area (Å²) in [6, 6.07) is 8.90. The Morgan fingerprint density at radius 2 is 2.00 bits per heavy atom. The van der Waals surface area contributed by atoms with E-state index in [2.05, 4.69) is 10.3 Å². The van der Waals surface area contributed by atoms with E-state index in [-0.39, 0.29) is 5.91 Å². The van der Waals surface area contributed by atoms with Gasteiger partial charge in [-0.1, -0.05) is 23.7 Å². The van der Waals surface area contributed by atoms with E-state index in [9.17, 15) is 4.79 Å². The van der Waals surface area contributed by atoms with Crippen molar-refractivity contribution >= 4 is 23.2 Å². The third-order valence-electron chi connectivity index (χ3n) is 2.45. The van der Waals surface area contributed by atoms with Gasteiger partial charge in [0, 0.05) is 24.6 Å². The third kappa shape index (κ3) is 2.99. The first-order chi connectivity index (χ1) is 8.66. The minimum Gasteiger partial charge on any atom is -0.399 e. The largest absolute Gasteiger partial charge is 0.399 e. The zero-order valence-corrected chi connectivity index (χ0v) is 10.3. The lowest BCUT2D eigenvalue weighted by Crippen LogP contribution is -2.23. The summed E-state index contributed by atoms with van der Waals surface area (Å²) in [4.78, 5) is 15.7. The topological polar surface area (TPSA) is 68.0 Å². The third-order valence-corrected chi connectivity index (χ3v) is 2.75. The minimum absolute atomic E-state index is 0.223. The van der Waals surface area contributed by atoms with Gasteiger partial charge in [-0.05, 0) is 23.8 Å². The van der Waals surface area contributed by atoms with Crippen LogP contribution in [0, 0.1) is 0 Å². The highest BCUT2D eigenvalue weighted by Crippen LogP contribution is 2.13. The molecule has 1 aromatic heterocycles. The second-order valence-electron chi connectivity index (χ2n) is 3.78. The molecule has 2 aromatic rings. The molecule has 0 fully saturated rings. The van der Waals surface area contributed by atoms with Crippen molar-refractivity contribution < 1.29 is 4.79 Å². The second-order valence-corrected chi connectivity index (χ2v) is 4.19. The van der Waals surface area contributed by atoms with Gasteiger partial charge in [-0.2, -0.15) is 0 Å². The van der Waals surface area contributed by atoms with Crippen LogP contribution in [0.2, 0.25) is 5.02 Å². The van der Waals surface area contributed by atoms with Gasteiger partial charge in [0.2, 0.25) is 0 Å². The summed E-state index contributed by atoms with van der Waals surface area (Å²) in [6.07, 6.45) is 2.98. The Balaban J connectivity index is 2.01. The maximum absolute atomic E-state index is 11.9. The van der Waals surface area contributed by atoms with Gasteiger partial charge in [-0.3, -0.25) is 9.78 Å². The molecule has 0 aliphatic heterocycles. The van der Waals surface area contributed by atoms with Crippen LogP contribution in [0.5, 0.6) is 0 Å². The Bertz CT molecular complexity index is 554. The van der Waals surface area contributed by atoms with Gasteiger partial charge in [0.25, 0.3) is 5.91 Å². The van der Waals surface area contributed by atoms with E-state index in [1.807, 2.05) is 12.1 Å². The number of aromatic nitrogens is 1. The van der Waals surface area contributed by atoms with Crippen LogP contribution in [0.4, 0.5) is 5.69 Å². The highest BCUT2D eigenvalue weighted by molar-refractivity contribution is 6.33. The first-order valence-electron chi connectivity index (χ1n) is 5.39. The highest BCUT2D eigenvalue weighted by Gasteiger charge is 2.09. The van der Waals surface area contributed by atoms with Crippen LogP contribution in [-0.2, 0) is 6.54 Å². The number of carbonyl (C=O) groups excluding carboxylic acids is 1. The fraction of sp³-hybridized carbons (Fsp3) is 0.0769. The fourth-order valence-corrected chi connectivity index (χ4v) is 1.68. The van der Waals surface area contributed by atoms with Gasteiger partial charge in [0.1, 0.15) is 0 Å². The zero-order chi connectivity index (χ0) is 13.0. The van der Waals surface area contributed by atoms with E-state index >= 15 is 0 Å². The first kappa shape index (κ1) is 12.4. The molecule has 2 rings (SSSR count). The smallest absolute Gasteiger partial charge is 0.253 e. The molecular formula is C13H12ClN3O. The van der Waals surface area contributed by atoms with Crippen LogP contribution < -0.4 is 11.1 Å². The summed E-state index contributed by atoms with van der Waals surface area (Å²) >= 11 is 5.88. The molecule has 5 heteroatoms. The van der Waals surface area contributed by atoms with Crippen LogP contribution >= 0.6 is 11.6 Å². The van der Waals surface area contributed by atoms with Crippen LogP contribution in [0.15, 0.2) is 42.7 Å². The number of nitrogens with zero attached hydrogens (tertiary/aromatic N) is 1. The molecule has 0 aliphatic rings. The number of carbonyl (C=O) groups is 1. The predicted molar refractivity (Wildman–Crippen MR) is 71.3 cm³/mol. The van der Waals surface area contributed by atoms with Crippen molar-refractivity contribution in [3.05, 3.63) is 58.9 Å². The van der Waals surface area contributed by atoms with E-state index in [4.69, 9.17) is 17.3 Å². The Morgan fingerprint density at radius 1 is 1.28 bits per heavy atom. The number of halogens is 1. The van der Waals surface area contributed by atoms with Crippen LogP contribution in [-0.4, -0.2) is 10.9 Å². The average Bonchev–Trinajstić information content (AvgIpc) is 2.38. The van der Waals surface area contributed by atoms with Crippen LogP contribution in [0.1, 0.15) is 15.9 Å². The monoisotopic (exact) mass is 261 g/mol. The molecule has 1 amide bonds. The number of amides is 1. The molecule has 0 aliphatic carbocycles. The Kier molecular flexibility index (Phi) is 3.79. The summed E-state index contributed by atoms with van der Waals surface area (Å²) in [5.41, 5.74) is 7.67. The van der Waals surface area contributed by atoms with Gasteiger partial charge in [0.15, 0.2) is 0 Å². The van der Waals surface area contributed by atoms with Gasteiger partial charge < -0.3 is 11.1 Å². The Morgan fingerprint density at radius 3 is 2.67 bits per heavy atom. The van der Waals surface area contributed by atoms with Gasteiger partial charge in [-0.15, -0.1) is 0 Å². The summed E-state index contributed by atoms with van der Waals surface area (Å²) in [6.45, 7) is 0.428. The molecule has 0 saturated heterocycles. The lowest BCUT2D eigenvalue weighted by Gasteiger charge is -2.06. The normalized spacial score (nSPS) is 10.1. The van der Waals surface area contributed by atoms with E-state index < -0.39 is 0 Å². The van der Waals surface area contributed by atoms with Crippen molar-refractivity contribution in [1.82, 2.24) is 10.3 Å². The van der Waals surface area contributed by atoms with Crippen molar-refractivity contribution in [2.45, 2.75) is 6.54 Å². The van der Waals surface area contributed by atoms with Crippen molar-refractivity contribution in [3.63, 3.8) is 0 Å². The summed E-state index contributed by atoms with van der Waals surface area (Å²) < 4.78 is 0. The molecule has 92 valence electrons. The highest BCUT2D eigenvalue weighted by atomic mass is 35.5. The maximum Gasteiger partial charge on any atom is 0.253 e. The number of nitrogens with two attached hydrogens (primary N) is 1. The lowest BCUT2D eigenvalue weighted by atomic mass is 10.2. The number of benzene rings is 1. The molecule has 1 heterocycles. The summed E-state index contributed by atoms with van der Waals surface area (Å²) in [5.74, 6) is -0.223. The average molecular weight is 262 g/mol. The van der Waals surface area contributed by atoms with E-state index in [0.717, 1.165) is 5.56 Å². The maximum atomic E-state index is 11.9. The molecular weight excluding hydrogens is 250 g/mol. The van der Waals surface area contributed by atoms with E-state index in [1.54, 1.807) is 18.2 Å². The van der Waals surface area contributed by atoms with Gasteiger partial charge >= 0.3 is 0 Å². The van der Waals surface area contributed by atoms with Gasteiger partial charge in [-0.25, -0.2) is 0 Å². The number of nitrogen functional groups attached to an aromatic ring is 1. The number of anilines is 1. The van der Waals surface area contributed by atoms with Gasteiger partial charge in [0.05, 0.1) is 10.6 Å². The van der Waals surface area contributed by atoms with Crippen LogP contribution in [0.3, 0.4) is 0 Å². The van der Waals surface area contributed by atoms with Crippen LogP contribution in [0.25, 0.3) is 0 Å². The van der Waals surface area contributed by atoms with E-state index in [0.29, 0.717) is 22.8 Å². The van der Waals surface area contributed by atoms with Crippen molar-refractivity contribution in [1.29, 1.82) is 0 Å². The van der Waals surface area contributed by atoms with E-state index in [1.165, 1.54) is 12.4 Å². The second kappa shape index (κ2) is 5.51. The van der Waals surface area contributed by atoms with Crippen molar-refractivity contribution in [3.8, 4) is 0 Å². The molecule has 0 bridgehead atoms. The Labute approximate surface area is 110 Å². The van der Waals surface area contributed by atoms with Crippen molar-refractivity contribution in [2.24, 2.45) is 0 Å². The molecule has 0 saturated carbocycles. The predicted octanol–water partition coefficient (Wildman–Crippen LogP) is 2.25. The number of hydrogen-bond acceptors (Lipinski definition) is 3. The van der Waals surface area contributed by atoms with Crippen molar-refractivity contribution in [2.75, 3.05) is 5.73 Å².